The second-order valence-electron chi connectivity index (χ2n) is 5.81. The van der Waals surface area contributed by atoms with Crippen LogP contribution in [0.15, 0.2) is 0 Å². The summed E-state index contributed by atoms with van der Waals surface area (Å²) in [7, 11) is 0. The number of nitrogens with zero attached hydrogens (tertiary/aromatic N) is 3. The predicted octanol–water partition coefficient (Wildman–Crippen LogP) is 3.52. The van der Waals surface area contributed by atoms with E-state index >= 15 is 0 Å². The summed E-state index contributed by atoms with van der Waals surface area (Å²) in [5.41, 5.74) is 0.182. The van der Waals surface area contributed by atoms with Gasteiger partial charge in [0.2, 0.25) is 5.28 Å². The van der Waals surface area contributed by atoms with E-state index in [-0.39, 0.29) is 11.0 Å². The van der Waals surface area contributed by atoms with Crippen molar-refractivity contribution < 1.29 is 0 Å². The second kappa shape index (κ2) is 3.73. The summed E-state index contributed by atoms with van der Waals surface area (Å²) in [5, 5.41) is 8.87. The molecule has 0 aliphatic heterocycles. The van der Waals surface area contributed by atoms with E-state index in [9.17, 15) is 0 Å². The van der Waals surface area contributed by atoms with Gasteiger partial charge in [0, 0.05) is 11.0 Å². The van der Waals surface area contributed by atoms with Crippen molar-refractivity contribution in [1.29, 1.82) is 0 Å². The molecule has 0 aromatic carbocycles. The number of halogens is 1. The Balaban J connectivity index is 2.51. The zero-order valence-corrected chi connectivity index (χ0v) is 11.3. The summed E-state index contributed by atoms with van der Waals surface area (Å²) < 4.78 is 2.18. The van der Waals surface area contributed by atoms with Crippen LogP contribution in [0, 0.1) is 0 Å². The first-order valence-electron chi connectivity index (χ1n) is 6.02. The van der Waals surface area contributed by atoms with E-state index in [2.05, 4.69) is 42.5 Å². The molecular formula is C12H20ClN3. The van der Waals surface area contributed by atoms with Gasteiger partial charge in [-0.3, -0.25) is 4.57 Å². The molecule has 0 amide bonds. The van der Waals surface area contributed by atoms with Gasteiger partial charge in [0.05, 0.1) is 0 Å². The van der Waals surface area contributed by atoms with Gasteiger partial charge in [0.1, 0.15) is 5.82 Å². The van der Waals surface area contributed by atoms with Gasteiger partial charge in [-0.1, -0.05) is 27.7 Å². The Morgan fingerprint density at radius 3 is 2.31 bits per heavy atom. The fourth-order valence-electron chi connectivity index (χ4n) is 2.49. The molecule has 0 saturated heterocycles. The summed E-state index contributed by atoms with van der Waals surface area (Å²) in [5.74, 6) is 1.01. The van der Waals surface area contributed by atoms with Crippen LogP contribution < -0.4 is 0 Å². The number of aromatic nitrogens is 3. The van der Waals surface area contributed by atoms with Gasteiger partial charge in [0.15, 0.2) is 0 Å². The molecule has 0 spiro atoms. The number of hydrogen-bond donors (Lipinski definition) is 0. The van der Waals surface area contributed by atoms with Crippen LogP contribution in [-0.4, -0.2) is 14.8 Å². The maximum atomic E-state index is 6.22. The Labute approximate surface area is 102 Å². The van der Waals surface area contributed by atoms with Gasteiger partial charge in [-0.25, -0.2) is 0 Å². The molecule has 1 fully saturated rings. The smallest absolute Gasteiger partial charge is 0.225 e. The number of hydrogen-bond acceptors (Lipinski definition) is 2. The Kier molecular flexibility index (Phi) is 2.77. The first-order chi connectivity index (χ1) is 7.41. The van der Waals surface area contributed by atoms with Crippen LogP contribution in [0.3, 0.4) is 0 Å². The summed E-state index contributed by atoms with van der Waals surface area (Å²) in [6.07, 6.45) is 4.79. The lowest BCUT2D eigenvalue weighted by Crippen LogP contribution is -2.42. The van der Waals surface area contributed by atoms with Crippen molar-refractivity contribution in [2.24, 2.45) is 0 Å². The van der Waals surface area contributed by atoms with E-state index in [1.165, 1.54) is 19.3 Å². The molecule has 1 aromatic rings. The molecule has 1 aliphatic carbocycles. The molecule has 16 heavy (non-hydrogen) atoms. The van der Waals surface area contributed by atoms with Crippen molar-refractivity contribution in [3.63, 3.8) is 0 Å². The molecule has 0 unspecified atom stereocenters. The monoisotopic (exact) mass is 241 g/mol. The third-order valence-electron chi connectivity index (χ3n) is 3.71. The van der Waals surface area contributed by atoms with Gasteiger partial charge < -0.3 is 0 Å². The maximum absolute atomic E-state index is 6.22. The lowest BCUT2D eigenvalue weighted by Gasteiger charge is -2.44. The maximum Gasteiger partial charge on any atom is 0.225 e. The summed E-state index contributed by atoms with van der Waals surface area (Å²) >= 11 is 6.22. The van der Waals surface area contributed by atoms with Crippen LogP contribution in [0.2, 0.25) is 5.28 Å². The highest BCUT2D eigenvalue weighted by Crippen LogP contribution is 2.45. The molecule has 4 heteroatoms. The topological polar surface area (TPSA) is 30.7 Å². The molecule has 2 rings (SSSR count). The standard InChI is InChI=1S/C12H20ClN3/c1-5-12(7-6-8-12)16-9(11(2,3)4)14-15-10(16)13/h5-8H2,1-4H3. The minimum Gasteiger partial charge on any atom is -0.295 e. The fraction of sp³-hybridized carbons (Fsp3) is 0.833. The molecule has 0 atom stereocenters. The molecule has 1 aliphatic rings. The van der Waals surface area contributed by atoms with Crippen LogP contribution in [-0.2, 0) is 11.0 Å². The van der Waals surface area contributed by atoms with Crippen molar-refractivity contribution in [1.82, 2.24) is 14.8 Å². The van der Waals surface area contributed by atoms with Gasteiger partial charge in [-0.2, -0.15) is 0 Å². The van der Waals surface area contributed by atoms with E-state index in [0.29, 0.717) is 5.28 Å². The van der Waals surface area contributed by atoms with Crippen LogP contribution in [0.25, 0.3) is 0 Å². The van der Waals surface area contributed by atoms with Crippen LogP contribution in [0.1, 0.15) is 59.2 Å². The van der Waals surface area contributed by atoms with Crippen molar-refractivity contribution in [3.8, 4) is 0 Å². The lowest BCUT2D eigenvalue weighted by molar-refractivity contribution is 0.127. The van der Waals surface area contributed by atoms with Crippen LogP contribution in [0.4, 0.5) is 0 Å². The molecular weight excluding hydrogens is 222 g/mol. The van der Waals surface area contributed by atoms with E-state index in [1.807, 2.05) is 0 Å². The third-order valence-corrected chi connectivity index (χ3v) is 3.96. The normalized spacial score (nSPS) is 19.6. The summed E-state index contributed by atoms with van der Waals surface area (Å²) in [6, 6.07) is 0. The summed E-state index contributed by atoms with van der Waals surface area (Å²) in [6.45, 7) is 8.70. The molecule has 0 N–H and O–H groups in total. The molecule has 3 nitrogen and oxygen atoms in total. The molecule has 0 radical (unpaired) electrons. The highest BCUT2D eigenvalue weighted by Gasteiger charge is 2.42. The zero-order valence-electron chi connectivity index (χ0n) is 10.5. The van der Waals surface area contributed by atoms with Crippen molar-refractivity contribution in [3.05, 3.63) is 11.1 Å². The third kappa shape index (κ3) is 1.65. The molecule has 1 saturated carbocycles. The second-order valence-corrected chi connectivity index (χ2v) is 6.15. The van der Waals surface area contributed by atoms with Crippen LogP contribution in [0.5, 0.6) is 0 Å². The minimum atomic E-state index is -0.00208. The number of rotatable bonds is 2. The van der Waals surface area contributed by atoms with E-state index < -0.39 is 0 Å². The van der Waals surface area contributed by atoms with Gasteiger partial charge >= 0.3 is 0 Å². The largest absolute Gasteiger partial charge is 0.295 e. The van der Waals surface area contributed by atoms with Crippen molar-refractivity contribution >= 4 is 11.6 Å². The fourth-order valence-corrected chi connectivity index (χ4v) is 2.79. The van der Waals surface area contributed by atoms with Crippen LogP contribution >= 0.6 is 11.6 Å². The highest BCUT2D eigenvalue weighted by molar-refractivity contribution is 6.28. The van der Waals surface area contributed by atoms with E-state index in [4.69, 9.17) is 11.6 Å². The first kappa shape index (κ1) is 11.9. The van der Waals surface area contributed by atoms with E-state index in [1.54, 1.807) is 0 Å². The lowest BCUT2D eigenvalue weighted by atomic mass is 9.74. The van der Waals surface area contributed by atoms with Gasteiger partial charge in [0.25, 0.3) is 0 Å². The predicted molar refractivity (Wildman–Crippen MR) is 65.8 cm³/mol. The van der Waals surface area contributed by atoms with E-state index in [0.717, 1.165) is 12.2 Å². The molecule has 90 valence electrons. The Morgan fingerprint density at radius 2 is 1.94 bits per heavy atom. The SMILES string of the molecule is CCC1(n2c(Cl)nnc2C(C)(C)C)CCC1. The van der Waals surface area contributed by atoms with Crippen molar-refractivity contribution in [2.45, 2.75) is 64.3 Å². The zero-order chi connectivity index (χ0) is 12.0. The quantitative estimate of drug-likeness (QED) is 0.793. The molecule has 0 bridgehead atoms. The molecule has 1 aromatic heterocycles. The Morgan fingerprint density at radius 1 is 1.31 bits per heavy atom. The average molecular weight is 242 g/mol. The summed E-state index contributed by atoms with van der Waals surface area (Å²) in [4.78, 5) is 0. The Hall–Kier alpha value is -0.570. The average Bonchev–Trinajstić information content (AvgIpc) is 2.47. The van der Waals surface area contributed by atoms with Gasteiger partial charge in [-0.05, 0) is 37.3 Å². The minimum absolute atomic E-state index is 0.00208. The van der Waals surface area contributed by atoms with Crippen molar-refractivity contribution in [2.75, 3.05) is 0 Å². The molecule has 1 heterocycles. The first-order valence-corrected chi connectivity index (χ1v) is 6.40. The highest BCUT2D eigenvalue weighted by atomic mass is 35.5. The van der Waals surface area contributed by atoms with Gasteiger partial charge in [-0.15, -0.1) is 10.2 Å². The Bertz CT molecular complexity index is 380.